The predicted octanol–water partition coefficient (Wildman–Crippen LogP) is 4.23. The first-order valence-corrected chi connectivity index (χ1v) is 10.2. The molecular weight excluding hydrogens is 416 g/mol. The molecule has 156 valence electrons. The summed E-state index contributed by atoms with van der Waals surface area (Å²) >= 11 is 1.29. The number of hydrogen-bond acceptors (Lipinski definition) is 7. The summed E-state index contributed by atoms with van der Waals surface area (Å²) < 4.78 is 5.45. The third kappa shape index (κ3) is 4.33. The smallest absolute Gasteiger partial charge is 0.312 e. The van der Waals surface area contributed by atoms with Crippen molar-refractivity contribution in [2.75, 3.05) is 5.32 Å². The van der Waals surface area contributed by atoms with E-state index in [1.54, 1.807) is 30.7 Å². The van der Waals surface area contributed by atoms with Crippen LogP contribution in [0.5, 0.6) is 0 Å². The van der Waals surface area contributed by atoms with Gasteiger partial charge in [0.05, 0.1) is 11.5 Å². The van der Waals surface area contributed by atoms with Gasteiger partial charge in [-0.3, -0.25) is 19.6 Å². The van der Waals surface area contributed by atoms with Crippen molar-refractivity contribution in [3.63, 3.8) is 0 Å². The first-order valence-electron chi connectivity index (χ1n) is 9.38. The van der Waals surface area contributed by atoms with Crippen molar-refractivity contribution in [3.05, 3.63) is 86.5 Å². The predicted molar refractivity (Wildman–Crippen MR) is 117 cm³/mol. The van der Waals surface area contributed by atoms with Crippen molar-refractivity contribution in [2.24, 2.45) is 0 Å². The highest BCUT2D eigenvalue weighted by atomic mass is 32.1. The van der Waals surface area contributed by atoms with Crippen LogP contribution in [0.2, 0.25) is 0 Å². The lowest BCUT2D eigenvalue weighted by Gasteiger charge is -2.08. The molecule has 2 aromatic heterocycles. The molecule has 2 aromatic carbocycles. The Bertz CT molecular complexity index is 1230. The Morgan fingerprint density at radius 2 is 1.84 bits per heavy atom. The third-order valence-corrected chi connectivity index (χ3v) is 5.38. The highest BCUT2D eigenvalue weighted by molar-refractivity contribution is 7.03. The number of anilines is 1. The Hall–Kier alpha value is -3.92. The highest BCUT2D eigenvalue weighted by Gasteiger charge is 2.21. The van der Waals surface area contributed by atoms with Gasteiger partial charge in [0, 0.05) is 22.2 Å². The summed E-state index contributed by atoms with van der Waals surface area (Å²) in [6.45, 7) is 3.68. The number of nitrogens with one attached hydrogen (secondary N) is 1. The van der Waals surface area contributed by atoms with Crippen LogP contribution >= 0.6 is 11.5 Å². The fourth-order valence-corrected chi connectivity index (χ4v) is 3.72. The van der Waals surface area contributed by atoms with Crippen molar-refractivity contribution in [1.82, 2.24) is 19.4 Å². The molecule has 4 rings (SSSR count). The number of carbonyl (C=O) groups excluding carboxylic acids is 1. The van der Waals surface area contributed by atoms with Crippen LogP contribution < -0.4 is 5.32 Å². The Kier molecular flexibility index (Phi) is 5.54. The van der Waals surface area contributed by atoms with Gasteiger partial charge in [0.15, 0.2) is 0 Å². The van der Waals surface area contributed by atoms with E-state index >= 15 is 0 Å². The van der Waals surface area contributed by atoms with E-state index in [1.165, 1.54) is 11.5 Å². The van der Waals surface area contributed by atoms with Gasteiger partial charge in [-0.15, -0.1) is 5.10 Å². The van der Waals surface area contributed by atoms with Crippen molar-refractivity contribution in [1.29, 1.82) is 0 Å². The number of aromatic nitrogens is 4. The molecule has 31 heavy (non-hydrogen) atoms. The zero-order chi connectivity index (χ0) is 22.0. The maximum atomic E-state index is 12.6. The molecule has 4 aromatic rings. The minimum atomic E-state index is -0.415. The second-order valence-corrected chi connectivity index (χ2v) is 7.56. The number of rotatable bonds is 6. The first kappa shape index (κ1) is 20.4. The number of benzene rings is 2. The van der Waals surface area contributed by atoms with E-state index in [0.717, 1.165) is 16.8 Å². The van der Waals surface area contributed by atoms with Crippen LogP contribution in [-0.4, -0.2) is 30.2 Å². The first-order chi connectivity index (χ1) is 14.9. The summed E-state index contributed by atoms with van der Waals surface area (Å²) in [7, 11) is 0. The van der Waals surface area contributed by atoms with E-state index in [9.17, 15) is 14.9 Å². The topological polar surface area (TPSA) is 116 Å². The van der Waals surface area contributed by atoms with E-state index in [1.807, 2.05) is 41.8 Å². The summed E-state index contributed by atoms with van der Waals surface area (Å²) in [5.74, 6) is -0.226. The molecule has 10 heteroatoms. The maximum Gasteiger partial charge on any atom is 0.312 e. The minimum Gasteiger partial charge on any atom is -0.322 e. The van der Waals surface area contributed by atoms with Gasteiger partial charge < -0.3 is 5.32 Å². The highest BCUT2D eigenvalue weighted by Crippen LogP contribution is 2.23. The Balaban J connectivity index is 1.43. The molecule has 0 aliphatic carbocycles. The number of nitrogens with zero attached hydrogens (tertiary/aromatic N) is 5. The van der Waals surface area contributed by atoms with E-state index in [0.29, 0.717) is 29.2 Å². The molecule has 2 heterocycles. The normalized spacial score (nSPS) is 10.8. The Morgan fingerprint density at radius 3 is 2.42 bits per heavy atom. The van der Waals surface area contributed by atoms with Gasteiger partial charge in [-0.1, -0.05) is 28.8 Å². The standard InChI is InChI=1S/C21H18N6O3S/c1-13-20(27(29)30)14(2)26(24-13)11-15-3-5-17(6-4-15)21(28)22-18-9-7-16(8-10-18)19-12-31-25-23-19/h3-10,12H,11H2,1-2H3,(H,22,28). The second kappa shape index (κ2) is 8.44. The molecule has 0 radical (unpaired) electrons. The van der Waals surface area contributed by atoms with Crippen LogP contribution in [-0.2, 0) is 6.54 Å². The molecular formula is C21H18N6O3S. The SMILES string of the molecule is Cc1nn(Cc2ccc(C(=O)Nc3ccc(-c4csnn4)cc3)cc2)c(C)c1[N+](=O)[O-]. The molecule has 9 nitrogen and oxygen atoms in total. The largest absolute Gasteiger partial charge is 0.322 e. The molecule has 0 saturated heterocycles. The lowest BCUT2D eigenvalue weighted by atomic mass is 10.1. The fourth-order valence-electron chi connectivity index (χ4n) is 3.26. The van der Waals surface area contributed by atoms with Crippen molar-refractivity contribution in [3.8, 4) is 11.3 Å². The van der Waals surface area contributed by atoms with Gasteiger partial charge >= 0.3 is 5.69 Å². The van der Waals surface area contributed by atoms with E-state index in [-0.39, 0.29) is 11.6 Å². The summed E-state index contributed by atoms with van der Waals surface area (Å²) in [5, 5.41) is 24.2. The number of carbonyl (C=O) groups is 1. The van der Waals surface area contributed by atoms with Gasteiger partial charge in [-0.2, -0.15) is 5.10 Å². The van der Waals surface area contributed by atoms with Gasteiger partial charge in [0.2, 0.25) is 0 Å². The lowest BCUT2D eigenvalue weighted by molar-refractivity contribution is -0.386. The van der Waals surface area contributed by atoms with Gasteiger partial charge in [-0.05, 0) is 55.2 Å². The molecule has 0 spiro atoms. The number of nitro groups is 1. The third-order valence-electron chi connectivity index (χ3n) is 4.87. The Morgan fingerprint density at radius 1 is 1.13 bits per heavy atom. The number of amides is 1. The maximum absolute atomic E-state index is 12.6. The van der Waals surface area contributed by atoms with Crippen molar-refractivity contribution >= 4 is 28.8 Å². The van der Waals surface area contributed by atoms with Crippen molar-refractivity contribution < 1.29 is 9.72 Å². The van der Waals surface area contributed by atoms with Crippen LogP contribution in [0.3, 0.4) is 0 Å². The van der Waals surface area contributed by atoms with Crippen LogP contribution in [0, 0.1) is 24.0 Å². The molecule has 0 aliphatic rings. The monoisotopic (exact) mass is 434 g/mol. The molecule has 1 amide bonds. The molecule has 0 bridgehead atoms. The van der Waals surface area contributed by atoms with Crippen molar-refractivity contribution in [2.45, 2.75) is 20.4 Å². The van der Waals surface area contributed by atoms with E-state index in [4.69, 9.17) is 0 Å². The zero-order valence-corrected chi connectivity index (χ0v) is 17.6. The second-order valence-electron chi connectivity index (χ2n) is 6.95. The molecule has 0 saturated carbocycles. The average Bonchev–Trinajstić information content (AvgIpc) is 3.37. The number of aryl methyl sites for hydroxylation is 1. The molecule has 1 N–H and O–H groups in total. The quantitative estimate of drug-likeness (QED) is 0.359. The van der Waals surface area contributed by atoms with Crippen LogP contribution in [0.15, 0.2) is 53.9 Å². The van der Waals surface area contributed by atoms with Crippen LogP contribution in [0.25, 0.3) is 11.3 Å². The summed E-state index contributed by atoms with van der Waals surface area (Å²) in [4.78, 5) is 23.3. The van der Waals surface area contributed by atoms with Gasteiger partial charge in [0.1, 0.15) is 17.1 Å². The lowest BCUT2D eigenvalue weighted by Crippen LogP contribution is -2.12. The number of hydrogen-bond donors (Lipinski definition) is 1. The summed E-state index contributed by atoms with van der Waals surface area (Å²) in [6, 6.07) is 14.5. The summed E-state index contributed by atoms with van der Waals surface area (Å²) in [6.07, 6.45) is 0. The van der Waals surface area contributed by atoms with Crippen LogP contribution in [0.4, 0.5) is 11.4 Å². The van der Waals surface area contributed by atoms with E-state index < -0.39 is 4.92 Å². The average molecular weight is 434 g/mol. The Labute approximate surface area is 181 Å². The minimum absolute atomic E-state index is 0.0352. The van der Waals surface area contributed by atoms with Gasteiger partial charge in [-0.25, -0.2) is 0 Å². The van der Waals surface area contributed by atoms with Gasteiger partial charge in [0.25, 0.3) is 5.91 Å². The van der Waals surface area contributed by atoms with Crippen LogP contribution in [0.1, 0.15) is 27.3 Å². The molecule has 0 unspecified atom stereocenters. The summed E-state index contributed by atoms with van der Waals surface area (Å²) in [5.41, 5.74) is 4.72. The molecule has 0 aliphatic heterocycles. The molecule has 0 fully saturated rings. The zero-order valence-electron chi connectivity index (χ0n) is 16.8. The molecule has 0 atom stereocenters. The fraction of sp³-hybridized carbons (Fsp3) is 0.143. The van der Waals surface area contributed by atoms with E-state index in [2.05, 4.69) is 20.0 Å².